The topological polar surface area (TPSA) is 96.2 Å². The Morgan fingerprint density at radius 1 is 1.12 bits per heavy atom. The predicted octanol–water partition coefficient (Wildman–Crippen LogP) is 2.11. The molecule has 182 valence electrons. The Morgan fingerprint density at radius 2 is 1.85 bits per heavy atom. The van der Waals surface area contributed by atoms with E-state index in [0.717, 1.165) is 18.7 Å². The zero-order valence-corrected chi connectivity index (χ0v) is 19.9. The summed E-state index contributed by atoms with van der Waals surface area (Å²) in [6.45, 7) is 9.52. The largest absolute Gasteiger partial charge is 0.336 e. The molecule has 34 heavy (non-hydrogen) atoms. The van der Waals surface area contributed by atoms with E-state index < -0.39 is 11.2 Å². The monoisotopic (exact) mass is 470 g/mol. The number of fused-ring (bicyclic) bond motifs is 1. The van der Waals surface area contributed by atoms with Crippen molar-refractivity contribution < 1.29 is 9.18 Å². The Bertz CT molecular complexity index is 1320. The zero-order valence-electron chi connectivity index (χ0n) is 19.9. The molecule has 0 spiro atoms. The highest BCUT2D eigenvalue weighted by molar-refractivity contribution is 5.94. The summed E-state index contributed by atoms with van der Waals surface area (Å²) in [6.07, 6.45) is 1.74. The molecule has 0 bridgehead atoms. The Kier molecular flexibility index (Phi) is 6.97. The first-order valence-corrected chi connectivity index (χ1v) is 11.8. The molecule has 0 saturated carbocycles. The van der Waals surface area contributed by atoms with Crippen LogP contribution >= 0.6 is 0 Å². The second-order valence-corrected chi connectivity index (χ2v) is 8.74. The number of aryl methyl sites for hydroxylation is 3. The highest BCUT2D eigenvalue weighted by atomic mass is 19.1. The summed E-state index contributed by atoms with van der Waals surface area (Å²) in [6, 6.07) is 4.57. The van der Waals surface area contributed by atoms with E-state index in [4.69, 9.17) is 4.98 Å². The molecule has 0 aliphatic carbocycles. The number of benzene rings is 1. The number of H-pyrrole nitrogens is 1. The number of unbranched alkanes of at least 4 members (excludes halogenated alkanes) is 1. The minimum absolute atomic E-state index is 0.175. The number of carbonyl (C=O) groups excluding carboxylic acids is 1. The summed E-state index contributed by atoms with van der Waals surface area (Å²) in [5, 5.41) is 0. The van der Waals surface area contributed by atoms with Gasteiger partial charge in [0.1, 0.15) is 11.6 Å². The van der Waals surface area contributed by atoms with E-state index >= 15 is 0 Å². The fraction of sp³-hybridized carbons (Fsp3) is 0.500. The highest BCUT2D eigenvalue weighted by Gasteiger charge is 2.25. The van der Waals surface area contributed by atoms with Crippen molar-refractivity contribution in [3.05, 3.63) is 61.8 Å². The number of nitrogens with one attached hydrogen (secondary N) is 1. The lowest BCUT2D eigenvalue weighted by Crippen LogP contribution is -2.48. The van der Waals surface area contributed by atoms with Gasteiger partial charge in [0.05, 0.1) is 6.54 Å². The molecule has 1 fully saturated rings. The smallest absolute Gasteiger partial charge is 0.330 e. The van der Waals surface area contributed by atoms with Gasteiger partial charge in [-0.1, -0.05) is 19.4 Å². The van der Waals surface area contributed by atoms with Crippen molar-refractivity contribution in [3.63, 3.8) is 0 Å². The Balaban J connectivity index is 1.52. The van der Waals surface area contributed by atoms with Gasteiger partial charge in [-0.05, 0) is 38.0 Å². The van der Waals surface area contributed by atoms with Crippen molar-refractivity contribution in [2.45, 2.75) is 53.2 Å². The lowest BCUT2D eigenvalue weighted by atomic mass is 10.1. The number of rotatable bonds is 7. The van der Waals surface area contributed by atoms with Crippen molar-refractivity contribution in [1.29, 1.82) is 0 Å². The second-order valence-electron chi connectivity index (χ2n) is 8.74. The van der Waals surface area contributed by atoms with Crippen LogP contribution < -0.4 is 11.2 Å². The molecule has 3 heterocycles. The van der Waals surface area contributed by atoms with Gasteiger partial charge in [-0.25, -0.2) is 14.2 Å². The summed E-state index contributed by atoms with van der Waals surface area (Å²) in [5.41, 5.74) is 0.859. The van der Waals surface area contributed by atoms with Crippen LogP contribution in [0.25, 0.3) is 11.2 Å². The van der Waals surface area contributed by atoms with E-state index in [2.05, 4.69) is 9.88 Å². The minimum Gasteiger partial charge on any atom is -0.336 e. The van der Waals surface area contributed by atoms with Gasteiger partial charge >= 0.3 is 5.69 Å². The number of aromatic nitrogens is 4. The number of imidazole rings is 1. The average molecular weight is 471 g/mol. The molecule has 0 radical (unpaired) electrons. The van der Waals surface area contributed by atoms with Crippen LogP contribution in [0.4, 0.5) is 4.39 Å². The molecule has 1 amide bonds. The Morgan fingerprint density at radius 3 is 2.50 bits per heavy atom. The molecule has 9 nitrogen and oxygen atoms in total. The Hall–Kier alpha value is -3.27. The predicted molar refractivity (Wildman–Crippen MR) is 128 cm³/mol. The maximum atomic E-state index is 13.9. The van der Waals surface area contributed by atoms with Crippen LogP contribution in [0.1, 0.15) is 48.4 Å². The minimum atomic E-state index is -0.432. The number of hydrogen-bond donors (Lipinski definition) is 1. The molecule has 10 heteroatoms. The number of aromatic amines is 1. The number of amides is 1. The van der Waals surface area contributed by atoms with E-state index in [1.54, 1.807) is 28.5 Å². The fourth-order valence-electron chi connectivity index (χ4n) is 4.42. The van der Waals surface area contributed by atoms with Gasteiger partial charge in [0.25, 0.3) is 11.5 Å². The molecular weight excluding hydrogens is 439 g/mol. The molecule has 1 aromatic carbocycles. The summed E-state index contributed by atoms with van der Waals surface area (Å²) in [7, 11) is 0. The van der Waals surface area contributed by atoms with Gasteiger partial charge in [0, 0.05) is 44.8 Å². The van der Waals surface area contributed by atoms with Crippen LogP contribution in [-0.2, 0) is 19.6 Å². The van der Waals surface area contributed by atoms with E-state index in [-0.39, 0.29) is 11.7 Å². The second kappa shape index (κ2) is 9.92. The SMILES string of the molecule is CCCCn1c(=O)[nH]c(=O)c2c1nc(CN1CCN(C(=O)c3ccc(C)c(F)c3)CC1)n2CC. The van der Waals surface area contributed by atoms with Gasteiger partial charge in [-0.2, -0.15) is 0 Å². The molecule has 2 aromatic heterocycles. The molecule has 4 rings (SSSR count). The van der Waals surface area contributed by atoms with Crippen LogP contribution in [-0.4, -0.2) is 61.0 Å². The number of halogens is 1. The van der Waals surface area contributed by atoms with Gasteiger partial charge in [0.15, 0.2) is 11.2 Å². The standard InChI is InChI=1S/C24H31FN6O3/c1-4-6-9-31-21-20(22(32)27-24(31)34)30(5-2)19(26-21)15-28-10-12-29(13-11-28)23(33)17-8-7-16(3)18(25)14-17/h7-8,14H,4-6,9-13,15H2,1-3H3,(H,27,32,34). The first-order valence-electron chi connectivity index (χ1n) is 11.8. The molecule has 3 aromatic rings. The Labute approximate surface area is 196 Å². The summed E-state index contributed by atoms with van der Waals surface area (Å²) >= 11 is 0. The number of piperazine rings is 1. The van der Waals surface area contributed by atoms with E-state index in [1.165, 1.54) is 6.07 Å². The van der Waals surface area contributed by atoms with Crippen molar-refractivity contribution in [1.82, 2.24) is 28.9 Å². The maximum absolute atomic E-state index is 13.9. The van der Waals surface area contributed by atoms with Crippen molar-refractivity contribution in [3.8, 4) is 0 Å². The van der Waals surface area contributed by atoms with Gasteiger partial charge < -0.3 is 9.47 Å². The zero-order chi connectivity index (χ0) is 24.4. The molecule has 1 N–H and O–H groups in total. The highest BCUT2D eigenvalue weighted by Crippen LogP contribution is 2.17. The van der Waals surface area contributed by atoms with Crippen molar-refractivity contribution in [2.75, 3.05) is 26.2 Å². The van der Waals surface area contributed by atoms with Crippen LogP contribution in [0, 0.1) is 12.7 Å². The third-order valence-electron chi connectivity index (χ3n) is 6.46. The lowest BCUT2D eigenvalue weighted by Gasteiger charge is -2.34. The third-order valence-corrected chi connectivity index (χ3v) is 6.46. The maximum Gasteiger partial charge on any atom is 0.330 e. The van der Waals surface area contributed by atoms with Crippen LogP contribution in [0.2, 0.25) is 0 Å². The van der Waals surface area contributed by atoms with Crippen LogP contribution in [0.15, 0.2) is 27.8 Å². The number of nitrogens with zero attached hydrogens (tertiary/aromatic N) is 5. The van der Waals surface area contributed by atoms with Crippen LogP contribution in [0.5, 0.6) is 0 Å². The lowest BCUT2D eigenvalue weighted by molar-refractivity contribution is 0.0624. The molecule has 1 saturated heterocycles. The van der Waals surface area contributed by atoms with Crippen LogP contribution in [0.3, 0.4) is 0 Å². The number of hydrogen-bond acceptors (Lipinski definition) is 5. The first kappa shape index (κ1) is 23.9. The normalized spacial score (nSPS) is 14.8. The van der Waals surface area contributed by atoms with Gasteiger partial charge in [-0.3, -0.25) is 24.0 Å². The quantitative estimate of drug-likeness (QED) is 0.571. The molecule has 0 atom stereocenters. The van der Waals surface area contributed by atoms with E-state index in [9.17, 15) is 18.8 Å². The van der Waals surface area contributed by atoms with Gasteiger partial charge in [-0.15, -0.1) is 0 Å². The molecule has 0 unspecified atom stereocenters. The average Bonchev–Trinajstić information content (AvgIpc) is 3.19. The summed E-state index contributed by atoms with van der Waals surface area (Å²) in [5.74, 6) is 0.167. The van der Waals surface area contributed by atoms with Crippen molar-refractivity contribution >= 4 is 17.1 Å². The van der Waals surface area contributed by atoms with Gasteiger partial charge in [0.2, 0.25) is 0 Å². The summed E-state index contributed by atoms with van der Waals surface area (Å²) < 4.78 is 17.3. The molecule has 1 aliphatic rings. The third kappa shape index (κ3) is 4.54. The fourth-order valence-corrected chi connectivity index (χ4v) is 4.42. The van der Waals surface area contributed by atoms with Crippen molar-refractivity contribution in [2.24, 2.45) is 0 Å². The number of carbonyl (C=O) groups is 1. The van der Waals surface area contributed by atoms with E-state index in [1.807, 2.05) is 18.4 Å². The first-order chi connectivity index (χ1) is 16.3. The molecule has 1 aliphatic heterocycles. The summed E-state index contributed by atoms with van der Waals surface area (Å²) in [4.78, 5) is 48.8. The molecular formula is C24H31FN6O3. The van der Waals surface area contributed by atoms with E-state index in [0.29, 0.717) is 68.1 Å².